The average Bonchev–Trinajstić information content (AvgIpc) is 2.83. The van der Waals surface area contributed by atoms with Crippen molar-refractivity contribution in [3.8, 4) is 0 Å². The SMILES string of the molecule is Cl.O=C(Cn1cnc2ccccc2c1=O)N1C2CCNCC1CC2. The molecule has 2 aromatic rings. The number of hydrogen-bond acceptors (Lipinski definition) is 4. The van der Waals surface area contributed by atoms with Gasteiger partial charge in [0.2, 0.25) is 5.91 Å². The summed E-state index contributed by atoms with van der Waals surface area (Å²) in [5, 5.41) is 3.95. The Labute approximate surface area is 146 Å². The zero-order valence-corrected chi connectivity index (χ0v) is 14.2. The highest BCUT2D eigenvalue weighted by Crippen LogP contribution is 2.28. The van der Waals surface area contributed by atoms with Crippen LogP contribution in [0.25, 0.3) is 10.9 Å². The van der Waals surface area contributed by atoms with E-state index in [-0.39, 0.29) is 36.5 Å². The van der Waals surface area contributed by atoms with E-state index in [2.05, 4.69) is 10.3 Å². The first-order chi connectivity index (χ1) is 11.2. The zero-order chi connectivity index (χ0) is 15.8. The highest BCUT2D eigenvalue weighted by molar-refractivity contribution is 5.85. The number of benzene rings is 1. The average molecular weight is 349 g/mol. The summed E-state index contributed by atoms with van der Waals surface area (Å²) < 4.78 is 1.43. The minimum absolute atomic E-state index is 0. The van der Waals surface area contributed by atoms with Crippen LogP contribution in [-0.4, -0.2) is 45.5 Å². The maximum atomic E-state index is 12.8. The van der Waals surface area contributed by atoms with Crippen LogP contribution in [0.3, 0.4) is 0 Å². The van der Waals surface area contributed by atoms with Gasteiger partial charge in [-0.25, -0.2) is 4.98 Å². The van der Waals surface area contributed by atoms with Gasteiger partial charge in [-0.3, -0.25) is 14.2 Å². The number of nitrogens with one attached hydrogen (secondary N) is 1. The largest absolute Gasteiger partial charge is 0.334 e. The lowest BCUT2D eigenvalue weighted by atomic mass is 10.1. The molecule has 1 aromatic heterocycles. The summed E-state index contributed by atoms with van der Waals surface area (Å²) in [6.07, 6.45) is 4.60. The summed E-state index contributed by atoms with van der Waals surface area (Å²) in [7, 11) is 0. The van der Waals surface area contributed by atoms with Gasteiger partial charge in [-0.15, -0.1) is 12.4 Å². The number of fused-ring (bicyclic) bond motifs is 3. The molecule has 0 radical (unpaired) electrons. The van der Waals surface area contributed by atoms with Crippen LogP contribution in [-0.2, 0) is 11.3 Å². The lowest BCUT2D eigenvalue weighted by Crippen LogP contribution is -2.45. The number of para-hydroxylation sites is 1. The second-order valence-corrected chi connectivity index (χ2v) is 6.37. The van der Waals surface area contributed by atoms with Crippen molar-refractivity contribution in [1.82, 2.24) is 19.8 Å². The molecular weight excluding hydrogens is 328 g/mol. The first-order valence-corrected chi connectivity index (χ1v) is 8.20. The molecule has 7 heteroatoms. The van der Waals surface area contributed by atoms with Crippen LogP contribution in [0.1, 0.15) is 19.3 Å². The summed E-state index contributed by atoms with van der Waals surface area (Å²) >= 11 is 0. The van der Waals surface area contributed by atoms with E-state index in [9.17, 15) is 9.59 Å². The number of carbonyl (C=O) groups is 1. The number of aromatic nitrogens is 2. The summed E-state index contributed by atoms with van der Waals surface area (Å²) in [5.74, 6) is 0.0281. The normalized spacial score (nSPS) is 22.9. The van der Waals surface area contributed by atoms with Crippen molar-refractivity contribution in [1.29, 1.82) is 0 Å². The van der Waals surface area contributed by atoms with Crippen molar-refractivity contribution >= 4 is 29.2 Å². The fourth-order valence-electron chi connectivity index (χ4n) is 3.84. The Morgan fingerprint density at radius 2 is 2.00 bits per heavy atom. The van der Waals surface area contributed by atoms with E-state index in [0.29, 0.717) is 16.9 Å². The van der Waals surface area contributed by atoms with Gasteiger partial charge in [0.15, 0.2) is 0 Å². The summed E-state index contributed by atoms with van der Waals surface area (Å²) in [6.45, 7) is 1.89. The predicted molar refractivity (Wildman–Crippen MR) is 94.4 cm³/mol. The Morgan fingerprint density at radius 1 is 1.21 bits per heavy atom. The van der Waals surface area contributed by atoms with Crippen molar-refractivity contribution in [2.24, 2.45) is 0 Å². The van der Waals surface area contributed by atoms with E-state index in [1.54, 1.807) is 6.07 Å². The van der Waals surface area contributed by atoms with Gasteiger partial charge in [-0.2, -0.15) is 0 Å². The fourth-order valence-corrected chi connectivity index (χ4v) is 3.84. The second-order valence-electron chi connectivity index (χ2n) is 6.37. The molecule has 0 spiro atoms. The molecule has 3 heterocycles. The molecule has 4 rings (SSSR count). The monoisotopic (exact) mass is 348 g/mol. The van der Waals surface area contributed by atoms with Gasteiger partial charge in [0.25, 0.3) is 5.56 Å². The first-order valence-electron chi connectivity index (χ1n) is 8.20. The van der Waals surface area contributed by atoms with Gasteiger partial charge in [-0.1, -0.05) is 12.1 Å². The molecule has 2 atom stereocenters. The molecule has 1 N–H and O–H groups in total. The number of hydrogen-bond donors (Lipinski definition) is 1. The molecule has 2 saturated heterocycles. The highest BCUT2D eigenvalue weighted by Gasteiger charge is 2.37. The molecule has 1 amide bonds. The molecule has 2 bridgehead atoms. The van der Waals surface area contributed by atoms with Gasteiger partial charge in [0.05, 0.1) is 17.2 Å². The van der Waals surface area contributed by atoms with Gasteiger partial charge in [0, 0.05) is 18.6 Å². The molecule has 2 aliphatic heterocycles. The Kier molecular flexibility index (Phi) is 4.87. The topological polar surface area (TPSA) is 67.2 Å². The lowest BCUT2D eigenvalue weighted by molar-refractivity contribution is -0.134. The first kappa shape index (κ1) is 16.9. The number of amides is 1. The minimum Gasteiger partial charge on any atom is -0.334 e. The van der Waals surface area contributed by atoms with Crippen molar-refractivity contribution in [2.75, 3.05) is 13.1 Å². The number of halogens is 1. The molecule has 6 nitrogen and oxygen atoms in total. The number of carbonyl (C=O) groups excluding carboxylic acids is 1. The maximum absolute atomic E-state index is 12.8. The van der Waals surface area contributed by atoms with Gasteiger partial charge in [0.1, 0.15) is 6.54 Å². The minimum atomic E-state index is -0.149. The van der Waals surface area contributed by atoms with Crippen molar-refractivity contribution in [2.45, 2.75) is 37.9 Å². The molecule has 2 aliphatic rings. The van der Waals surface area contributed by atoms with Gasteiger partial charge >= 0.3 is 0 Å². The quantitative estimate of drug-likeness (QED) is 0.884. The van der Waals surface area contributed by atoms with E-state index in [4.69, 9.17) is 0 Å². The third-order valence-electron chi connectivity index (χ3n) is 4.98. The third-order valence-corrected chi connectivity index (χ3v) is 4.98. The third kappa shape index (κ3) is 2.91. The van der Waals surface area contributed by atoms with Crippen LogP contribution in [0.15, 0.2) is 35.4 Å². The highest BCUT2D eigenvalue weighted by atomic mass is 35.5. The predicted octanol–water partition coefficient (Wildman–Crippen LogP) is 1.17. The molecule has 1 aromatic carbocycles. The second kappa shape index (κ2) is 6.91. The molecular formula is C17H21ClN4O2. The summed E-state index contributed by atoms with van der Waals surface area (Å²) in [6, 6.07) is 7.81. The zero-order valence-electron chi connectivity index (χ0n) is 13.4. The molecule has 24 heavy (non-hydrogen) atoms. The standard InChI is InChI=1S/C17H20N4O2.ClH/c22-16(21-12-5-6-13(21)9-18-8-7-12)10-20-11-19-15-4-2-1-3-14(15)17(20)23;/h1-4,11-13,18H,5-10H2;1H. The van der Waals surface area contributed by atoms with Crippen LogP contribution in [0.2, 0.25) is 0 Å². The Hall–Kier alpha value is -1.92. The summed E-state index contributed by atoms with van der Waals surface area (Å²) in [5.41, 5.74) is 0.518. The van der Waals surface area contributed by atoms with Gasteiger partial charge < -0.3 is 10.2 Å². The van der Waals surface area contributed by atoms with Crippen molar-refractivity contribution < 1.29 is 4.79 Å². The Morgan fingerprint density at radius 3 is 2.88 bits per heavy atom. The van der Waals surface area contributed by atoms with Crippen LogP contribution < -0.4 is 10.9 Å². The van der Waals surface area contributed by atoms with Crippen LogP contribution >= 0.6 is 12.4 Å². The van der Waals surface area contributed by atoms with Crippen LogP contribution in [0.4, 0.5) is 0 Å². The van der Waals surface area contributed by atoms with Crippen LogP contribution in [0.5, 0.6) is 0 Å². The number of rotatable bonds is 2. The van der Waals surface area contributed by atoms with E-state index in [1.165, 1.54) is 10.9 Å². The molecule has 128 valence electrons. The molecule has 0 aliphatic carbocycles. The van der Waals surface area contributed by atoms with E-state index in [0.717, 1.165) is 32.4 Å². The molecule has 0 saturated carbocycles. The molecule has 2 unspecified atom stereocenters. The van der Waals surface area contributed by atoms with E-state index in [1.807, 2.05) is 23.1 Å². The smallest absolute Gasteiger partial charge is 0.261 e. The lowest BCUT2D eigenvalue weighted by Gasteiger charge is -2.28. The molecule has 2 fully saturated rings. The van der Waals surface area contributed by atoms with Crippen molar-refractivity contribution in [3.05, 3.63) is 40.9 Å². The van der Waals surface area contributed by atoms with Gasteiger partial charge in [-0.05, 0) is 37.9 Å². The fraction of sp³-hybridized carbons (Fsp3) is 0.471. The number of nitrogens with zero attached hydrogens (tertiary/aromatic N) is 3. The summed E-state index contributed by atoms with van der Waals surface area (Å²) in [4.78, 5) is 31.6. The van der Waals surface area contributed by atoms with E-state index < -0.39 is 0 Å². The Bertz CT molecular complexity index is 793. The Balaban J connectivity index is 0.00000169. The van der Waals surface area contributed by atoms with Crippen molar-refractivity contribution in [3.63, 3.8) is 0 Å². The van der Waals surface area contributed by atoms with E-state index >= 15 is 0 Å². The van der Waals surface area contributed by atoms with Crippen LogP contribution in [0, 0.1) is 0 Å². The maximum Gasteiger partial charge on any atom is 0.261 e.